The van der Waals surface area contributed by atoms with Crippen LogP contribution in [0.4, 0.5) is 0 Å². The normalized spacial score (nSPS) is 12.9. The molecule has 2 heterocycles. The van der Waals surface area contributed by atoms with Gasteiger partial charge in [0.15, 0.2) is 5.76 Å². The molecular weight excluding hydrogens is 190 g/mol. The van der Waals surface area contributed by atoms with Gasteiger partial charge in [-0.2, -0.15) is 0 Å². The van der Waals surface area contributed by atoms with E-state index in [0.717, 1.165) is 30.1 Å². The lowest BCUT2D eigenvalue weighted by molar-refractivity contribution is 0.580. The molecule has 0 aromatic carbocycles. The Morgan fingerprint density at radius 2 is 2.47 bits per heavy atom. The van der Waals surface area contributed by atoms with Crippen molar-refractivity contribution in [3.05, 3.63) is 30.4 Å². The molecule has 0 saturated carbocycles. The van der Waals surface area contributed by atoms with Crippen LogP contribution in [-0.4, -0.2) is 16.0 Å². The molecule has 1 unspecified atom stereocenters. The van der Waals surface area contributed by atoms with Crippen LogP contribution in [-0.2, 0) is 6.42 Å². The van der Waals surface area contributed by atoms with Gasteiger partial charge >= 0.3 is 0 Å². The second kappa shape index (κ2) is 4.31. The molecule has 0 aliphatic carbocycles. The van der Waals surface area contributed by atoms with Crippen LogP contribution in [0.2, 0.25) is 0 Å². The number of hydrogen-bond donors (Lipinski definition) is 2. The second-order valence-corrected chi connectivity index (χ2v) is 3.74. The van der Waals surface area contributed by atoms with Gasteiger partial charge in [-0.3, -0.25) is 0 Å². The highest BCUT2D eigenvalue weighted by molar-refractivity contribution is 5.50. The largest absolute Gasteiger partial charge is 0.463 e. The summed E-state index contributed by atoms with van der Waals surface area (Å²) in [6.07, 6.45) is 5.25. The highest BCUT2D eigenvalue weighted by Crippen LogP contribution is 2.17. The first kappa shape index (κ1) is 9.98. The Bertz CT molecular complexity index is 403. The number of nitrogens with one attached hydrogen (secondary N) is 1. The molecule has 2 aromatic rings. The zero-order valence-corrected chi connectivity index (χ0v) is 8.73. The van der Waals surface area contributed by atoms with E-state index in [9.17, 15) is 0 Å². The maximum atomic E-state index is 5.68. The third kappa shape index (κ3) is 2.47. The molecule has 0 aliphatic rings. The van der Waals surface area contributed by atoms with Gasteiger partial charge in [0.05, 0.1) is 12.5 Å². The first-order valence-corrected chi connectivity index (χ1v) is 5.09. The van der Waals surface area contributed by atoms with E-state index in [-0.39, 0.29) is 6.04 Å². The molecule has 80 valence electrons. The summed E-state index contributed by atoms with van der Waals surface area (Å²) in [4.78, 5) is 7.48. The van der Waals surface area contributed by atoms with Crippen molar-refractivity contribution in [2.75, 3.05) is 0 Å². The summed E-state index contributed by atoms with van der Waals surface area (Å²) < 4.78 is 5.26. The van der Waals surface area contributed by atoms with Crippen molar-refractivity contribution < 1.29 is 4.42 Å². The number of rotatable bonds is 4. The quantitative estimate of drug-likeness (QED) is 0.801. The third-order valence-corrected chi connectivity index (χ3v) is 2.25. The number of nitrogens with zero attached hydrogens (tertiary/aromatic N) is 1. The zero-order valence-electron chi connectivity index (χ0n) is 8.73. The Morgan fingerprint density at radius 1 is 1.60 bits per heavy atom. The Balaban J connectivity index is 2.04. The van der Waals surface area contributed by atoms with Crippen molar-refractivity contribution in [3.8, 4) is 11.5 Å². The van der Waals surface area contributed by atoms with E-state index < -0.39 is 0 Å². The molecule has 0 aliphatic heterocycles. The Morgan fingerprint density at radius 3 is 3.13 bits per heavy atom. The molecule has 3 N–H and O–H groups in total. The van der Waals surface area contributed by atoms with Crippen LogP contribution >= 0.6 is 0 Å². The number of aromatic nitrogens is 2. The molecule has 0 bridgehead atoms. The molecular formula is C11H15N3O. The van der Waals surface area contributed by atoms with Crippen LogP contribution in [0.25, 0.3) is 11.5 Å². The fourth-order valence-corrected chi connectivity index (χ4v) is 1.41. The monoisotopic (exact) mass is 205 g/mol. The molecule has 4 nitrogen and oxygen atoms in total. The number of H-pyrrole nitrogens is 1. The minimum Gasteiger partial charge on any atom is -0.463 e. The topological polar surface area (TPSA) is 67.8 Å². The van der Waals surface area contributed by atoms with E-state index in [1.807, 2.05) is 19.1 Å². The summed E-state index contributed by atoms with van der Waals surface area (Å²) in [7, 11) is 0. The van der Waals surface area contributed by atoms with E-state index in [1.54, 1.807) is 12.5 Å². The number of aryl methyl sites for hydroxylation is 1. The van der Waals surface area contributed by atoms with Crippen LogP contribution in [0, 0.1) is 0 Å². The standard InChI is InChI=1S/C11H15N3O/c1-8(12)4-5-11-13-7-9(14-11)10-3-2-6-15-10/h2-3,6-8H,4-5,12H2,1H3,(H,13,14). The number of furan rings is 1. The maximum Gasteiger partial charge on any atom is 0.151 e. The molecule has 15 heavy (non-hydrogen) atoms. The van der Waals surface area contributed by atoms with Crippen LogP contribution < -0.4 is 5.73 Å². The maximum absolute atomic E-state index is 5.68. The minimum atomic E-state index is 0.210. The second-order valence-electron chi connectivity index (χ2n) is 3.74. The average Bonchev–Trinajstić information content (AvgIpc) is 2.85. The molecule has 4 heteroatoms. The van der Waals surface area contributed by atoms with E-state index in [0.29, 0.717) is 0 Å². The number of imidazole rings is 1. The number of hydrogen-bond acceptors (Lipinski definition) is 3. The van der Waals surface area contributed by atoms with Crippen molar-refractivity contribution in [2.24, 2.45) is 5.73 Å². The van der Waals surface area contributed by atoms with Crippen LogP contribution in [0.15, 0.2) is 29.0 Å². The Labute approximate surface area is 88.5 Å². The summed E-state index contributed by atoms with van der Waals surface area (Å²) in [5.41, 5.74) is 6.60. The predicted octanol–water partition coefficient (Wildman–Crippen LogP) is 1.95. The Hall–Kier alpha value is -1.55. The van der Waals surface area contributed by atoms with Gasteiger partial charge in [-0.1, -0.05) is 0 Å². The van der Waals surface area contributed by atoms with Crippen molar-refractivity contribution in [3.63, 3.8) is 0 Å². The summed E-state index contributed by atoms with van der Waals surface area (Å²) in [6, 6.07) is 3.97. The van der Waals surface area contributed by atoms with Gasteiger partial charge in [-0.05, 0) is 25.5 Å². The fraction of sp³-hybridized carbons (Fsp3) is 0.364. The van der Waals surface area contributed by atoms with E-state index in [1.165, 1.54) is 0 Å². The third-order valence-electron chi connectivity index (χ3n) is 2.25. The van der Waals surface area contributed by atoms with Gasteiger partial charge in [0.1, 0.15) is 11.5 Å². The minimum absolute atomic E-state index is 0.210. The SMILES string of the molecule is CC(N)CCc1ncc(-c2ccco2)[nH]1. The molecule has 0 spiro atoms. The molecule has 0 fully saturated rings. The van der Waals surface area contributed by atoms with Gasteiger partial charge in [0.25, 0.3) is 0 Å². The van der Waals surface area contributed by atoms with Crippen LogP contribution in [0.3, 0.4) is 0 Å². The molecule has 2 rings (SSSR count). The molecule has 0 radical (unpaired) electrons. The summed E-state index contributed by atoms with van der Waals surface area (Å²) in [6.45, 7) is 2.00. The molecule has 1 atom stereocenters. The lowest BCUT2D eigenvalue weighted by Gasteiger charge is -2.01. The average molecular weight is 205 g/mol. The van der Waals surface area contributed by atoms with Gasteiger partial charge in [-0.25, -0.2) is 4.98 Å². The van der Waals surface area contributed by atoms with Gasteiger partial charge in [0.2, 0.25) is 0 Å². The van der Waals surface area contributed by atoms with Crippen molar-refractivity contribution in [1.82, 2.24) is 9.97 Å². The van der Waals surface area contributed by atoms with Gasteiger partial charge < -0.3 is 15.1 Å². The van der Waals surface area contributed by atoms with E-state index in [2.05, 4.69) is 9.97 Å². The highest BCUT2D eigenvalue weighted by atomic mass is 16.3. The highest BCUT2D eigenvalue weighted by Gasteiger charge is 2.05. The van der Waals surface area contributed by atoms with Gasteiger partial charge in [0, 0.05) is 12.5 Å². The first-order chi connectivity index (χ1) is 7.25. The van der Waals surface area contributed by atoms with E-state index in [4.69, 9.17) is 10.2 Å². The number of aromatic amines is 1. The molecule has 0 saturated heterocycles. The first-order valence-electron chi connectivity index (χ1n) is 5.09. The smallest absolute Gasteiger partial charge is 0.151 e. The summed E-state index contributed by atoms with van der Waals surface area (Å²) in [5, 5.41) is 0. The number of nitrogens with two attached hydrogens (primary N) is 1. The van der Waals surface area contributed by atoms with E-state index >= 15 is 0 Å². The van der Waals surface area contributed by atoms with Crippen molar-refractivity contribution in [2.45, 2.75) is 25.8 Å². The molecule has 0 amide bonds. The lowest BCUT2D eigenvalue weighted by Crippen LogP contribution is -2.15. The van der Waals surface area contributed by atoms with Crippen molar-refractivity contribution in [1.29, 1.82) is 0 Å². The fourth-order valence-electron chi connectivity index (χ4n) is 1.41. The molecule has 2 aromatic heterocycles. The summed E-state index contributed by atoms with van der Waals surface area (Å²) >= 11 is 0. The predicted molar refractivity (Wildman–Crippen MR) is 58.3 cm³/mol. The summed E-state index contributed by atoms with van der Waals surface area (Å²) in [5.74, 6) is 1.77. The van der Waals surface area contributed by atoms with Gasteiger partial charge in [-0.15, -0.1) is 0 Å². The zero-order chi connectivity index (χ0) is 10.7. The Kier molecular flexibility index (Phi) is 2.87. The van der Waals surface area contributed by atoms with Crippen LogP contribution in [0.5, 0.6) is 0 Å². The van der Waals surface area contributed by atoms with Crippen LogP contribution in [0.1, 0.15) is 19.2 Å². The van der Waals surface area contributed by atoms with Crippen molar-refractivity contribution >= 4 is 0 Å². The lowest BCUT2D eigenvalue weighted by atomic mass is 10.2.